The molecule has 0 aliphatic heterocycles. The van der Waals surface area contributed by atoms with Gasteiger partial charge in [-0.3, -0.25) is 0 Å². The minimum absolute atomic E-state index is 0.890. The smallest absolute Gasteiger partial charge is 0.136 e. The largest absolute Gasteiger partial charge is 0.456 e. The second kappa shape index (κ2) is 15.3. The van der Waals surface area contributed by atoms with E-state index in [4.69, 9.17) is 4.42 Å². The van der Waals surface area contributed by atoms with Crippen molar-refractivity contribution in [1.29, 1.82) is 0 Å². The van der Waals surface area contributed by atoms with Crippen molar-refractivity contribution in [3.63, 3.8) is 0 Å². The lowest BCUT2D eigenvalue weighted by molar-refractivity contribution is 0.669. The van der Waals surface area contributed by atoms with Crippen molar-refractivity contribution in [2.45, 2.75) is 0 Å². The molecule has 0 bridgehead atoms. The van der Waals surface area contributed by atoms with Crippen LogP contribution in [0.25, 0.3) is 93.9 Å². The Labute approximate surface area is 366 Å². The van der Waals surface area contributed by atoms with Gasteiger partial charge in [-0.1, -0.05) is 164 Å². The van der Waals surface area contributed by atoms with Gasteiger partial charge < -0.3 is 13.9 Å². The molecule has 12 rings (SSSR count). The highest BCUT2D eigenvalue weighted by Crippen LogP contribution is 2.43. The van der Waals surface area contributed by atoms with E-state index in [2.05, 4.69) is 240 Å². The van der Waals surface area contributed by atoms with Crippen molar-refractivity contribution >= 4 is 60.8 Å². The van der Waals surface area contributed by atoms with Gasteiger partial charge in [-0.15, -0.1) is 0 Å². The summed E-state index contributed by atoms with van der Waals surface area (Å²) in [7, 11) is 0. The summed E-state index contributed by atoms with van der Waals surface area (Å²) in [5, 5.41) is 4.80. The fraction of sp³-hybridized carbons (Fsp3) is 0. The van der Waals surface area contributed by atoms with Gasteiger partial charge in [0.2, 0.25) is 0 Å². The van der Waals surface area contributed by atoms with E-state index < -0.39 is 0 Å². The van der Waals surface area contributed by atoms with Crippen molar-refractivity contribution in [1.82, 2.24) is 4.57 Å². The molecular formula is C60H40N2O. The monoisotopic (exact) mass is 804 g/mol. The molecule has 3 nitrogen and oxygen atoms in total. The van der Waals surface area contributed by atoms with Gasteiger partial charge in [-0.2, -0.15) is 0 Å². The van der Waals surface area contributed by atoms with Crippen molar-refractivity contribution in [2.75, 3.05) is 4.90 Å². The average molecular weight is 805 g/mol. The summed E-state index contributed by atoms with van der Waals surface area (Å²) >= 11 is 0. The van der Waals surface area contributed by atoms with E-state index in [-0.39, 0.29) is 0 Å². The molecule has 296 valence electrons. The number of furan rings is 1. The van der Waals surface area contributed by atoms with E-state index in [0.29, 0.717) is 0 Å². The van der Waals surface area contributed by atoms with Crippen LogP contribution in [0.15, 0.2) is 247 Å². The van der Waals surface area contributed by atoms with Gasteiger partial charge in [0.25, 0.3) is 0 Å². The van der Waals surface area contributed by atoms with Crippen LogP contribution < -0.4 is 4.90 Å². The van der Waals surface area contributed by atoms with Gasteiger partial charge in [0, 0.05) is 44.2 Å². The molecule has 12 aromatic rings. The van der Waals surface area contributed by atoms with Crippen LogP contribution in [0, 0.1) is 0 Å². The number of anilines is 3. The highest BCUT2D eigenvalue weighted by atomic mass is 16.3. The standard InChI is InChI=1S/C60H40N2O/c1-2-14-43(15-3-1)51-20-4-8-24-56(51)61(50-19-13-18-46(39-50)47-32-37-55-54-23-7-11-27-59(54)63-60(55)40-47)48-33-28-41(29-34-48)44-16-12-17-45(38-44)42-30-35-49(36-31-42)62-57-25-9-5-21-52(57)53-22-6-10-26-58(53)62/h1-40H. The Hall–Kier alpha value is -8.40. The highest BCUT2D eigenvalue weighted by Gasteiger charge is 2.19. The predicted octanol–water partition coefficient (Wildman–Crippen LogP) is 16.8. The van der Waals surface area contributed by atoms with Crippen LogP contribution in [0.4, 0.5) is 17.1 Å². The molecule has 0 atom stereocenters. The minimum Gasteiger partial charge on any atom is -0.456 e. The third-order valence-electron chi connectivity index (χ3n) is 12.4. The molecule has 3 heteroatoms. The quantitative estimate of drug-likeness (QED) is 0.153. The zero-order chi connectivity index (χ0) is 41.7. The van der Waals surface area contributed by atoms with Crippen LogP contribution in [-0.4, -0.2) is 4.57 Å². The molecule has 0 saturated carbocycles. The topological polar surface area (TPSA) is 21.3 Å². The summed E-state index contributed by atoms with van der Waals surface area (Å²) in [5.41, 5.74) is 17.9. The van der Waals surface area contributed by atoms with Crippen LogP contribution in [0.2, 0.25) is 0 Å². The molecule has 2 aromatic heterocycles. The van der Waals surface area contributed by atoms with Gasteiger partial charge in [-0.25, -0.2) is 0 Å². The number of hydrogen-bond acceptors (Lipinski definition) is 2. The van der Waals surface area contributed by atoms with E-state index >= 15 is 0 Å². The van der Waals surface area contributed by atoms with Gasteiger partial charge in [0.1, 0.15) is 11.2 Å². The molecule has 0 unspecified atom stereocenters. The Morgan fingerprint density at radius 3 is 1.56 bits per heavy atom. The normalized spacial score (nSPS) is 11.5. The lowest BCUT2D eigenvalue weighted by Gasteiger charge is -2.28. The molecule has 0 amide bonds. The number of fused-ring (bicyclic) bond motifs is 6. The first-order valence-corrected chi connectivity index (χ1v) is 21.5. The zero-order valence-electron chi connectivity index (χ0n) is 34.4. The Morgan fingerprint density at radius 2 is 0.825 bits per heavy atom. The molecule has 0 aliphatic carbocycles. The van der Waals surface area contributed by atoms with Gasteiger partial charge in [-0.05, 0) is 118 Å². The number of hydrogen-bond donors (Lipinski definition) is 0. The lowest BCUT2D eigenvalue weighted by Crippen LogP contribution is -2.11. The molecule has 0 spiro atoms. The molecule has 10 aromatic carbocycles. The predicted molar refractivity (Wildman–Crippen MR) is 264 cm³/mol. The SMILES string of the molecule is c1ccc(-c2ccccc2N(c2ccc(-c3cccc(-c4ccc(-n5c6ccccc6c6ccccc65)cc4)c3)cc2)c2cccc(-c3ccc4c(c3)oc3ccccc34)c2)cc1. The van der Waals surface area contributed by atoms with E-state index in [9.17, 15) is 0 Å². The third kappa shape index (κ3) is 6.46. The number of rotatable bonds is 8. The second-order valence-corrected chi connectivity index (χ2v) is 16.1. The lowest BCUT2D eigenvalue weighted by atomic mass is 9.98. The fourth-order valence-corrected chi connectivity index (χ4v) is 9.37. The molecule has 0 saturated heterocycles. The number of benzene rings is 10. The van der Waals surface area contributed by atoms with Crippen molar-refractivity contribution in [3.8, 4) is 50.2 Å². The molecule has 0 fully saturated rings. The maximum atomic E-state index is 6.31. The number of nitrogens with zero attached hydrogens (tertiary/aromatic N) is 2. The molecule has 2 heterocycles. The fourth-order valence-electron chi connectivity index (χ4n) is 9.37. The molecule has 0 radical (unpaired) electrons. The molecular weight excluding hydrogens is 765 g/mol. The van der Waals surface area contributed by atoms with Crippen LogP contribution in [0.5, 0.6) is 0 Å². The van der Waals surface area contributed by atoms with Crippen molar-refractivity contribution < 1.29 is 4.42 Å². The summed E-state index contributed by atoms with van der Waals surface area (Å²) in [6, 6.07) is 87.1. The maximum Gasteiger partial charge on any atom is 0.136 e. The Kier molecular flexibility index (Phi) is 8.83. The Bertz CT molecular complexity index is 3560. The Morgan fingerprint density at radius 1 is 0.302 bits per heavy atom. The summed E-state index contributed by atoms with van der Waals surface area (Å²) in [6.45, 7) is 0. The van der Waals surface area contributed by atoms with Crippen LogP contribution in [0.3, 0.4) is 0 Å². The van der Waals surface area contributed by atoms with Gasteiger partial charge >= 0.3 is 0 Å². The highest BCUT2D eigenvalue weighted by molar-refractivity contribution is 6.09. The van der Waals surface area contributed by atoms with Crippen molar-refractivity contribution in [2.24, 2.45) is 0 Å². The van der Waals surface area contributed by atoms with Crippen LogP contribution in [0.1, 0.15) is 0 Å². The summed E-state index contributed by atoms with van der Waals surface area (Å²) in [4.78, 5) is 2.38. The average Bonchev–Trinajstić information content (AvgIpc) is 3.90. The zero-order valence-corrected chi connectivity index (χ0v) is 34.4. The first-order chi connectivity index (χ1) is 31.2. The molecule has 0 aliphatic rings. The maximum absolute atomic E-state index is 6.31. The summed E-state index contributed by atoms with van der Waals surface area (Å²) < 4.78 is 8.68. The van der Waals surface area contributed by atoms with E-state index in [1.165, 1.54) is 44.1 Å². The van der Waals surface area contributed by atoms with Crippen LogP contribution >= 0.6 is 0 Å². The summed E-state index contributed by atoms with van der Waals surface area (Å²) in [6.07, 6.45) is 0. The third-order valence-corrected chi connectivity index (χ3v) is 12.4. The summed E-state index contributed by atoms with van der Waals surface area (Å²) in [5.74, 6) is 0. The molecule has 63 heavy (non-hydrogen) atoms. The van der Waals surface area contributed by atoms with Gasteiger partial charge in [0.05, 0.1) is 16.7 Å². The number of aromatic nitrogens is 1. The first kappa shape index (κ1) is 36.5. The first-order valence-electron chi connectivity index (χ1n) is 21.5. The minimum atomic E-state index is 0.890. The van der Waals surface area contributed by atoms with Crippen LogP contribution in [-0.2, 0) is 0 Å². The van der Waals surface area contributed by atoms with E-state index in [1.807, 2.05) is 12.1 Å². The molecule has 0 N–H and O–H groups in total. The Balaban J connectivity index is 0.901. The van der Waals surface area contributed by atoms with Crippen molar-refractivity contribution in [3.05, 3.63) is 243 Å². The van der Waals surface area contributed by atoms with E-state index in [0.717, 1.165) is 66.9 Å². The van der Waals surface area contributed by atoms with Gasteiger partial charge in [0.15, 0.2) is 0 Å². The second-order valence-electron chi connectivity index (χ2n) is 16.1. The van der Waals surface area contributed by atoms with E-state index in [1.54, 1.807) is 0 Å². The number of para-hydroxylation sites is 4.